The SMILES string of the molecule is CC(NC(=O)NC(C)(C)C)c1nn[nH]n1. The fourth-order valence-corrected chi connectivity index (χ4v) is 0.991. The molecule has 0 bridgehead atoms. The van der Waals surface area contributed by atoms with Crippen molar-refractivity contribution in [2.75, 3.05) is 0 Å². The summed E-state index contributed by atoms with van der Waals surface area (Å²) < 4.78 is 0. The van der Waals surface area contributed by atoms with Gasteiger partial charge in [0.1, 0.15) is 0 Å². The van der Waals surface area contributed by atoms with Crippen LogP contribution in [0.15, 0.2) is 0 Å². The first kappa shape index (κ1) is 11.4. The fourth-order valence-electron chi connectivity index (χ4n) is 0.991. The molecule has 7 heteroatoms. The van der Waals surface area contributed by atoms with Crippen molar-refractivity contribution in [1.82, 2.24) is 31.3 Å². The molecule has 1 aromatic rings. The largest absolute Gasteiger partial charge is 0.334 e. The highest BCUT2D eigenvalue weighted by Crippen LogP contribution is 2.04. The van der Waals surface area contributed by atoms with E-state index in [0.717, 1.165) is 0 Å². The van der Waals surface area contributed by atoms with Gasteiger partial charge in [-0.2, -0.15) is 5.21 Å². The Morgan fingerprint density at radius 3 is 2.60 bits per heavy atom. The topological polar surface area (TPSA) is 95.6 Å². The first-order valence-electron chi connectivity index (χ1n) is 4.70. The number of aromatic nitrogens is 4. The molecule has 0 fully saturated rings. The minimum atomic E-state index is -0.272. The number of hydrogen-bond donors (Lipinski definition) is 3. The van der Waals surface area contributed by atoms with Gasteiger partial charge in [0.05, 0.1) is 6.04 Å². The van der Waals surface area contributed by atoms with Gasteiger partial charge < -0.3 is 10.6 Å². The monoisotopic (exact) mass is 212 g/mol. The molecule has 0 radical (unpaired) electrons. The first-order chi connectivity index (χ1) is 6.88. The Kier molecular flexibility index (Phi) is 3.23. The molecule has 2 amide bonds. The van der Waals surface area contributed by atoms with Crippen LogP contribution >= 0.6 is 0 Å². The van der Waals surface area contributed by atoms with E-state index in [9.17, 15) is 4.79 Å². The summed E-state index contributed by atoms with van der Waals surface area (Å²) in [6, 6.07) is -0.522. The summed E-state index contributed by atoms with van der Waals surface area (Å²) in [5.41, 5.74) is -0.263. The summed E-state index contributed by atoms with van der Waals surface area (Å²) >= 11 is 0. The van der Waals surface area contributed by atoms with E-state index < -0.39 is 0 Å². The van der Waals surface area contributed by atoms with Gasteiger partial charge in [-0.3, -0.25) is 0 Å². The van der Waals surface area contributed by atoms with Gasteiger partial charge in [0.15, 0.2) is 5.82 Å². The van der Waals surface area contributed by atoms with Crippen LogP contribution in [0.5, 0.6) is 0 Å². The molecular formula is C8H16N6O. The molecule has 0 aliphatic heterocycles. The van der Waals surface area contributed by atoms with Crippen LogP contribution < -0.4 is 10.6 Å². The summed E-state index contributed by atoms with van der Waals surface area (Å²) in [6.45, 7) is 7.51. The third-order valence-electron chi connectivity index (χ3n) is 1.59. The molecule has 0 aliphatic rings. The van der Waals surface area contributed by atoms with E-state index in [1.165, 1.54) is 0 Å². The smallest absolute Gasteiger partial charge is 0.315 e. The highest BCUT2D eigenvalue weighted by Gasteiger charge is 2.17. The van der Waals surface area contributed by atoms with E-state index in [2.05, 4.69) is 31.3 Å². The Balaban J connectivity index is 2.45. The van der Waals surface area contributed by atoms with Crippen molar-refractivity contribution in [2.24, 2.45) is 0 Å². The van der Waals surface area contributed by atoms with Gasteiger partial charge in [-0.25, -0.2) is 4.79 Å². The van der Waals surface area contributed by atoms with Crippen LogP contribution in [0.25, 0.3) is 0 Å². The molecule has 1 aromatic heterocycles. The predicted molar refractivity (Wildman–Crippen MR) is 54.0 cm³/mol. The molecule has 0 aromatic carbocycles. The number of amides is 2. The van der Waals surface area contributed by atoms with Crippen molar-refractivity contribution >= 4 is 6.03 Å². The summed E-state index contributed by atoms with van der Waals surface area (Å²) in [5.74, 6) is 0.457. The zero-order valence-electron chi connectivity index (χ0n) is 9.33. The molecule has 1 heterocycles. The Hall–Kier alpha value is -1.66. The zero-order chi connectivity index (χ0) is 11.5. The molecule has 7 nitrogen and oxygen atoms in total. The minimum Gasteiger partial charge on any atom is -0.334 e. The molecule has 1 rings (SSSR count). The van der Waals surface area contributed by atoms with Crippen LogP contribution in [0.4, 0.5) is 4.79 Å². The fraction of sp³-hybridized carbons (Fsp3) is 0.750. The van der Waals surface area contributed by atoms with E-state index in [0.29, 0.717) is 5.82 Å². The van der Waals surface area contributed by atoms with Crippen molar-refractivity contribution in [3.8, 4) is 0 Å². The molecule has 0 aliphatic carbocycles. The van der Waals surface area contributed by atoms with Crippen molar-refractivity contribution < 1.29 is 4.79 Å². The minimum absolute atomic E-state index is 0.250. The highest BCUT2D eigenvalue weighted by molar-refractivity contribution is 5.74. The summed E-state index contributed by atoms with van der Waals surface area (Å²) in [5, 5.41) is 18.8. The quantitative estimate of drug-likeness (QED) is 0.659. The van der Waals surface area contributed by atoms with Gasteiger partial charge >= 0.3 is 6.03 Å². The third-order valence-corrected chi connectivity index (χ3v) is 1.59. The highest BCUT2D eigenvalue weighted by atomic mass is 16.2. The van der Waals surface area contributed by atoms with E-state index in [4.69, 9.17) is 0 Å². The lowest BCUT2D eigenvalue weighted by atomic mass is 10.1. The number of nitrogens with one attached hydrogen (secondary N) is 3. The first-order valence-corrected chi connectivity index (χ1v) is 4.70. The second kappa shape index (κ2) is 4.24. The molecule has 15 heavy (non-hydrogen) atoms. The van der Waals surface area contributed by atoms with Crippen molar-refractivity contribution in [3.05, 3.63) is 5.82 Å². The maximum Gasteiger partial charge on any atom is 0.315 e. The number of nitrogens with zero attached hydrogens (tertiary/aromatic N) is 3. The van der Waals surface area contributed by atoms with Gasteiger partial charge in [0.2, 0.25) is 0 Å². The molecule has 1 atom stereocenters. The van der Waals surface area contributed by atoms with Gasteiger partial charge in [-0.15, -0.1) is 10.2 Å². The van der Waals surface area contributed by atoms with E-state index in [1.807, 2.05) is 20.8 Å². The standard InChI is InChI=1S/C8H16N6O/c1-5(6-11-13-14-12-6)9-7(15)10-8(2,3)4/h5H,1-4H3,(H2,9,10,15)(H,11,12,13,14). The molecule has 0 saturated carbocycles. The van der Waals surface area contributed by atoms with Crippen LogP contribution in [0.3, 0.4) is 0 Å². The number of H-pyrrole nitrogens is 1. The second-order valence-corrected chi connectivity index (χ2v) is 4.34. The van der Waals surface area contributed by atoms with Crippen molar-refractivity contribution in [2.45, 2.75) is 39.3 Å². The van der Waals surface area contributed by atoms with Gasteiger partial charge in [0, 0.05) is 5.54 Å². The molecular weight excluding hydrogens is 196 g/mol. The normalized spacial score (nSPS) is 13.3. The lowest BCUT2D eigenvalue weighted by Gasteiger charge is -2.21. The average molecular weight is 212 g/mol. The number of rotatable bonds is 2. The molecule has 3 N–H and O–H groups in total. The zero-order valence-corrected chi connectivity index (χ0v) is 9.33. The maximum atomic E-state index is 11.5. The maximum absolute atomic E-state index is 11.5. The second-order valence-electron chi connectivity index (χ2n) is 4.34. The number of aromatic amines is 1. The van der Waals surface area contributed by atoms with Gasteiger partial charge in [-0.1, -0.05) is 5.21 Å². The third kappa shape index (κ3) is 3.92. The van der Waals surface area contributed by atoms with Crippen LogP contribution in [0, 0.1) is 0 Å². The summed E-state index contributed by atoms with van der Waals surface area (Å²) in [7, 11) is 0. The van der Waals surface area contributed by atoms with E-state index in [1.54, 1.807) is 6.92 Å². The number of urea groups is 1. The number of carbonyl (C=O) groups is 1. The number of carbonyl (C=O) groups excluding carboxylic acids is 1. The van der Waals surface area contributed by atoms with Gasteiger partial charge in [0.25, 0.3) is 0 Å². The van der Waals surface area contributed by atoms with Crippen molar-refractivity contribution in [3.63, 3.8) is 0 Å². The van der Waals surface area contributed by atoms with Crippen LogP contribution in [0.1, 0.15) is 39.6 Å². The molecule has 84 valence electrons. The Morgan fingerprint density at radius 2 is 2.13 bits per heavy atom. The van der Waals surface area contributed by atoms with Gasteiger partial charge in [-0.05, 0) is 27.7 Å². The summed E-state index contributed by atoms with van der Waals surface area (Å²) in [6.07, 6.45) is 0. The molecule has 1 unspecified atom stereocenters. The Morgan fingerprint density at radius 1 is 1.47 bits per heavy atom. The van der Waals surface area contributed by atoms with Crippen LogP contribution in [-0.2, 0) is 0 Å². The Labute approximate surface area is 88.0 Å². The van der Waals surface area contributed by atoms with Crippen LogP contribution in [0.2, 0.25) is 0 Å². The van der Waals surface area contributed by atoms with Crippen LogP contribution in [-0.4, -0.2) is 32.2 Å². The average Bonchev–Trinajstić information content (AvgIpc) is 2.50. The predicted octanol–water partition coefficient (Wildman–Crippen LogP) is 0.358. The number of hydrogen-bond acceptors (Lipinski definition) is 4. The lowest BCUT2D eigenvalue weighted by Crippen LogP contribution is -2.47. The van der Waals surface area contributed by atoms with E-state index >= 15 is 0 Å². The molecule has 0 spiro atoms. The number of tetrazole rings is 1. The van der Waals surface area contributed by atoms with Crippen molar-refractivity contribution in [1.29, 1.82) is 0 Å². The lowest BCUT2D eigenvalue weighted by molar-refractivity contribution is 0.228. The Bertz CT molecular complexity index is 314. The summed E-state index contributed by atoms with van der Waals surface area (Å²) in [4.78, 5) is 11.5. The van der Waals surface area contributed by atoms with E-state index in [-0.39, 0.29) is 17.6 Å². The molecule has 0 saturated heterocycles.